The molecule has 0 unspecified atom stereocenters. The maximum Gasteiger partial charge on any atom is 0.173 e. The van der Waals surface area contributed by atoms with E-state index in [1.54, 1.807) is 7.11 Å². The molecule has 0 aliphatic heterocycles. The lowest BCUT2D eigenvalue weighted by atomic mass is 10.3. The monoisotopic (exact) mass is 266 g/mol. The quantitative estimate of drug-likeness (QED) is 0.796. The van der Waals surface area contributed by atoms with Gasteiger partial charge in [-0.15, -0.1) is 0 Å². The van der Waals surface area contributed by atoms with E-state index >= 15 is 0 Å². The van der Waals surface area contributed by atoms with Crippen molar-refractivity contribution in [3.63, 3.8) is 0 Å². The van der Waals surface area contributed by atoms with Crippen LogP contribution in [0.3, 0.4) is 0 Å². The number of anilines is 1. The molecule has 0 saturated heterocycles. The number of nitrogens with one attached hydrogen (secondary N) is 1. The summed E-state index contributed by atoms with van der Waals surface area (Å²) in [6, 6.07) is 7.81. The molecule has 1 rings (SSSR count). The Kier molecular flexibility index (Phi) is 6.50. The predicted molar refractivity (Wildman–Crippen MR) is 81.4 cm³/mol. The van der Waals surface area contributed by atoms with Crippen LogP contribution in [0, 0.1) is 0 Å². The zero-order valence-electron chi connectivity index (χ0n) is 11.4. The molecular formula is C14H22N2OS. The van der Waals surface area contributed by atoms with E-state index in [2.05, 4.69) is 24.1 Å². The minimum absolute atomic E-state index is 0.784. The lowest BCUT2D eigenvalue weighted by molar-refractivity contribution is 0.414. The number of thiocarbonyl (C=S) groups is 1. The molecule has 1 aromatic rings. The van der Waals surface area contributed by atoms with Crippen molar-refractivity contribution in [1.82, 2.24) is 4.90 Å². The number of rotatable bonds is 6. The van der Waals surface area contributed by atoms with Crippen molar-refractivity contribution in [2.24, 2.45) is 0 Å². The maximum atomic E-state index is 5.44. The van der Waals surface area contributed by atoms with Crippen molar-refractivity contribution in [2.75, 3.05) is 25.5 Å². The van der Waals surface area contributed by atoms with Gasteiger partial charge in [-0.3, -0.25) is 0 Å². The Hall–Kier alpha value is -1.29. The molecule has 0 aromatic heterocycles. The molecule has 18 heavy (non-hydrogen) atoms. The van der Waals surface area contributed by atoms with Crippen LogP contribution in [0.5, 0.6) is 5.75 Å². The van der Waals surface area contributed by atoms with Gasteiger partial charge in [0.15, 0.2) is 5.11 Å². The van der Waals surface area contributed by atoms with Crippen LogP contribution in [0.2, 0.25) is 0 Å². The number of hydrogen-bond acceptors (Lipinski definition) is 2. The van der Waals surface area contributed by atoms with Gasteiger partial charge in [0.1, 0.15) is 5.75 Å². The third kappa shape index (κ3) is 4.53. The van der Waals surface area contributed by atoms with Gasteiger partial charge >= 0.3 is 0 Å². The number of hydrogen-bond donors (Lipinski definition) is 1. The Morgan fingerprint density at radius 1 is 1.28 bits per heavy atom. The third-order valence-corrected chi connectivity index (χ3v) is 2.96. The molecule has 1 aromatic carbocycles. The van der Waals surface area contributed by atoms with Crippen LogP contribution in [0.1, 0.15) is 26.7 Å². The van der Waals surface area contributed by atoms with Gasteiger partial charge in [0.05, 0.1) is 7.11 Å². The van der Waals surface area contributed by atoms with Gasteiger partial charge in [-0.2, -0.15) is 0 Å². The van der Waals surface area contributed by atoms with E-state index in [0.717, 1.165) is 42.5 Å². The van der Waals surface area contributed by atoms with E-state index < -0.39 is 0 Å². The Morgan fingerprint density at radius 3 is 2.50 bits per heavy atom. The Morgan fingerprint density at radius 2 is 1.94 bits per heavy atom. The zero-order chi connectivity index (χ0) is 13.4. The normalized spacial score (nSPS) is 9.94. The fourth-order valence-electron chi connectivity index (χ4n) is 1.76. The van der Waals surface area contributed by atoms with Gasteiger partial charge in [-0.1, -0.05) is 19.9 Å². The minimum Gasteiger partial charge on any atom is -0.497 e. The molecule has 0 bridgehead atoms. The first-order valence-corrected chi connectivity index (χ1v) is 6.82. The van der Waals surface area contributed by atoms with Gasteiger partial charge in [-0.05, 0) is 37.2 Å². The SMILES string of the molecule is CCCN(CCC)C(=S)Nc1cccc(OC)c1. The number of nitrogens with zero attached hydrogens (tertiary/aromatic N) is 1. The second kappa shape index (κ2) is 7.93. The van der Waals surface area contributed by atoms with Crippen LogP contribution < -0.4 is 10.1 Å². The minimum atomic E-state index is 0.784. The van der Waals surface area contributed by atoms with Crippen molar-refractivity contribution < 1.29 is 4.74 Å². The zero-order valence-corrected chi connectivity index (χ0v) is 12.2. The summed E-state index contributed by atoms with van der Waals surface area (Å²) in [5, 5.41) is 4.05. The van der Waals surface area contributed by atoms with Crippen molar-refractivity contribution in [3.05, 3.63) is 24.3 Å². The number of methoxy groups -OCH3 is 1. The molecule has 3 nitrogen and oxygen atoms in total. The van der Waals surface area contributed by atoms with E-state index in [9.17, 15) is 0 Å². The van der Waals surface area contributed by atoms with Crippen LogP contribution in [0.4, 0.5) is 5.69 Å². The summed E-state index contributed by atoms with van der Waals surface area (Å²) >= 11 is 5.44. The lowest BCUT2D eigenvalue weighted by Gasteiger charge is -2.25. The first-order valence-electron chi connectivity index (χ1n) is 6.41. The highest BCUT2D eigenvalue weighted by molar-refractivity contribution is 7.80. The summed E-state index contributed by atoms with van der Waals surface area (Å²) in [4.78, 5) is 2.20. The molecule has 0 saturated carbocycles. The van der Waals surface area contributed by atoms with E-state index in [0.29, 0.717) is 0 Å². The largest absolute Gasteiger partial charge is 0.497 e. The molecule has 0 aliphatic carbocycles. The molecular weight excluding hydrogens is 244 g/mol. The third-order valence-electron chi connectivity index (χ3n) is 2.60. The van der Waals surface area contributed by atoms with Crippen molar-refractivity contribution in [2.45, 2.75) is 26.7 Å². The average molecular weight is 266 g/mol. The van der Waals surface area contributed by atoms with Crippen molar-refractivity contribution >= 4 is 23.0 Å². The standard InChI is InChI=1S/C14H22N2OS/c1-4-9-16(10-5-2)14(18)15-12-7-6-8-13(11-12)17-3/h6-8,11H,4-5,9-10H2,1-3H3,(H,15,18). The lowest BCUT2D eigenvalue weighted by Crippen LogP contribution is -2.35. The molecule has 4 heteroatoms. The molecule has 0 amide bonds. The fraction of sp³-hybridized carbons (Fsp3) is 0.500. The highest BCUT2D eigenvalue weighted by Gasteiger charge is 2.07. The van der Waals surface area contributed by atoms with E-state index in [1.165, 1.54) is 0 Å². The highest BCUT2D eigenvalue weighted by Crippen LogP contribution is 2.17. The van der Waals surface area contributed by atoms with Gasteiger partial charge in [-0.25, -0.2) is 0 Å². The summed E-state index contributed by atoms with van der Waals surface area (Å²) in [7, 11) is 1.66. The smallest absolute Gasteiger partial charge is 0.173 e. The molecule has 0 fully saturated rings. The first kappa shape index (κ1) is 14.8. The second-order valence-electron chi connectivity index (χ2n) is 4.15. The van der Waals surface area contributed by atoms with E-state index in [4.69, 9.17) is 17.0 Å². The van der Waals surface area contributed by atoms with Gasteiger partial charge in [0.2, 0.25) is 0 Å². The number of ether oxygens (including phenoxy) is 1. The molecule has 0 aliphatic rings. The van der Waals surface area contributed by atoms with Crippen LogP contribution >= 0.6 is 12.2 Å². The van der Waals surface area contributed by atoms with Gasteiger partial charge < -0.3 is 15.0 Å². The van der Waals surface area contributed by atoms with Gasteiger partial charge in [0.25, 0.3) is 0 Å². The van der Waals surface area contributed by atoms with Crippen LogP contribution in [-0.4, -0.2) is 30.2 Å². The molecule has 0 radical (unpaired) electrons. The Balaban J connectivity index is 2.66. The maximum absolute atomic E-state index is 5.44. The molecule has 100 valence electrons. The van der Waals surface area contributed by atoms with Crippen LogP contribution in [-0.2, 0) is 0 Å². The molecule has 0 spiro atoms. The van der Waals surface area contributed by atoms with Crippen LogP contribution in [0.25, 0.3) is 0 Å². The van der Waals surface area contributed by atoms with Crippen LogP contribution in [0.15, 0.2) is 24.3 Å². The second-order valence-corrected chi connectivity index (χ2v) is 4.54. The summed E-state index contributed by atoms with van der Waals surface area (Å²) < 4.78 is 5.20. The van der Waals surface area contributed by atoms with E-state index in [1.807, 2.05) is 24.3 Å². The molecule has 0 atom stereocenters. The summed E-state index contributed by atoms with van der Waals surface area (Å²) in [6.45, 7) is 6.31. The fourth-order valence-corrected chi connectivity index (χ4v) is 2.06. The summed E-state index contributed by atoms with van der Waals surface area (Å²) in [5.41, 5.74) is 0.969. The molecule has 1 N–H and O–H groups in total. The van der Waals surface area contributed by atoms with E-state index in [-0.39, 0.29) is 0 Å². The van der Waals surface area contributed by atoms with Crippen molar-refractivity contribution in [1.29, 1.82) is 0 Å². The van der Waals surface area contributed by atoms with Gasteiger partial charge in [0, 0.05) is 24.8 Å². The Bertz CT molecular complexity index is 376. The predicted octanol–water partition coefficient (Wildman–Crippen LogP) is 3.51. The summed E-state index contributed by atoms with van der Waals surface area (Å²) in [5.74, 6) is 0.834. The topological polar surface area (TPSA) is 24.5 Å². The molecule has 0 heterocycles. The van der Waals surface area contributed by atoms with Crippen molar-refractivity contribution in [3.8, 4) is 5.75 Å². The Labute approximate surface area is 115 Å². The first-order chi connectivity index (χ1) is 8.71. The number of benzene rings is 1. The summed E-state index contributed by atoms with van der Waals surface area (Å²) in [6.07, 6.45) is 2.19. The highest BCUT2D eigenvalue weighted by atomic mass is 32.1. The average Bonchev–Trinajstić information content (AvgIpc) is 2.38.